The van der Waals surface area contributed by atoms with Crippen LogP contribution >= 0.6 is 0 Å². The third kappa shape index (κ3) is 1.55. The second kappa shape index (κ2) is 4.51. The maximum Gasteiger partial charge on any atom is 0.119 e. The first-order chi connectivity index (χ1) is 10.8. The minimum Gasteiger partial charge on any atom is -0.497 e. The minimum absolute atomic E-state index is 0.722. The number of nitrogens with zero attached hydrogens (tertiary/aromatic N) is 1. The van der Waals surface area contributed by atoms with Gasteiger partial charge in [-0.1, -0.05) is 13.3 Å². The molecule has 1 aromatic heterocycles. The van der Waals surface area contributed by atoms with Crippen LogP contribution in [0.1, 0.15) is 36.9 Å². The van der Waals surface area contributed by atoms with Crippen molar-refractivity contribution in [3.05, 3.63) is 29.5 Å². The van der Waals surface area contributed by atoms with Gasteiger partial charge in [0.2, 0.25) is 0 Å². The number of aromatic nitrogens is 1. The van der Waals surface area contributed by atoms with Crippen LogP contribution in [0.5, 0.6) is 5.75 Å². The van der Waals surface area contributed by atoms with E-state index < -0.39 is 0 Å². The fourth-order valence-electron chi connectivity index (χ4n) is 5.70. The van der Waals surface area contributed by atoms with E-state index in [-0.39, 0.29) is 0 Å². The van der Waals surface area contributed by atoms with Gasteiger partial charge in [0, 0.05) is 41.6 Å². The molecule has 4 atom stereocenters. The Hall–Kier alpha value is -1.48. The number of ether oxygens (including phenoxy) is 1. The molecular formula is C19H24N2O. The van der Waals surface area contributed by atoms with E-state index in [1.54, 1.807) is 12.7 Å². The van der Waals surface area contributed by atoms with Crippen LogP contribution in [0.2, 0.25) is 0 Å². The molecule has 1 unspecified atom stereocenters. The summed E-state index contributed by atoms with van der Waals surface area (Å²) in [6.45, 7) is 4.95. The third-order valence-corrected chi connectivity index (χ3v) is 6.54. The smallest absolute Gasteiger partial charge is 0.119 e. The average molecular weight is 296 g/mol. The molecule has 2 fully saturated rings. The highest BCUT2D eigenvalue weighted by molar-refractivity contribution is 5.86. The summed E-state index contributed by atoms with van der Waals surface area (Å²) in [7, 11) is 1.76. The van der Waals surface area contributed by atoms with Gasteiger partial charge in [0.25, 0.3) is 0 Å². The number of nitrogens with one attached hydrogen (secondary N) is 1. The summed E-state index contributed by atoms with van der Waals surface area (Å²) in [6.07, 6.45) is 3.90. The number of aromatic amines is 1. The fraction of sp³-hybridized carbons (Fsp3) is 0.579. The highest BCUT2D eigenvalue weighted by Crippen LogP contribution is 2.54. The van der Waals surface area contributed by atoms with Gasteiger partial charge in [0.1, 0.15) is 5.75 Å². The van der Waals surface area contributed by atoms with Gasteiger partial charge in [-0.2, -0.15) is 0 Å². The number of piperidine rings is 1. The summed E-state index contributed by atoms with van der Waals surface area (Å²) in [5.41, 5.74) is 4.38. The highest BCUT2D eigenvalue weighted by atomic mass is 16.5. The molecule has 3 heteroatoms. The van der Waals surface area contributed by atoms with Crippen molar-refractivity contribution in [2.24, 2.45) is 11.8 Å². The first-order valence-corrected chi connectivity index (χ1v) is 8.72. The second-order valence-electron chi connectivity index (χ2n) is 7.34. The predicted octanol–water partition coefficient (Wildman–Crippen LogP) is 3.55. The zero-order valence-electron chi connectivity index (χ0n) is 13.4. The van der Waals surface area contributed by atoms with Gasteiger partial charge in [-0.3, -0.25) is 4.90 Å². The van der Waals surface area contributed by atoms with E-state index >= 15 is 0 Å². The van der Waals surface area contributed by atoms with Gasteiger partial charge in [-0.25, -0.2) is 0 Å². The largest absolute Gasteiger partial charge is 0.497 e. The molecule has 0 spiro atoms. The van der Waals surface area contributed by atoms with Crippen molar-refractivity contribution in [2.45, 2.75) is 38.1 Å². The molecule has 0 radical (unpaired) electrons. The molecule has 116 valence electrons. The summed E-state index contributed by atoms with van der Waals surface area (Å²) in [6, 6.07) is 7.26. The van der Waals surface area contributed by atoms with Gasteiger partial charge >= 0.3 is 0 Å². The summed E-state index contributed by atoms with van der Waals surface area (Å²) in [5.74, 6) is 3.53. The van der Waals surface area contributed by atoms with E-state index in [2.05, 4.69) is 35.0 Å². The molecule has 2 bridgehead atoms. The number of fused-ring (bicyclic) bond motifs is 5. The maximum atomic E-state index is 5.44. The molecule has 1 aliphatic carbocycles. The number of H-pyrrole nitrogens is 1. The Bertz CT molecular complexity index is 734. The van der Waals surface area contributed by atoms with Crippen LogP contribution in [-0.2, 0) is 6.42 Å². The Morgan fingerprint density at radius 1 is 1.36 bits per heavy atom. The third-order valence-electron chi connectivity index (χ3n) is 6.54. The van der Waals surface area contributed by atoms with E-state index in [1.165, 1.54) is 48.9 Å². The molecule has 3 heterocycles. The molecule has 3 aliphatic rings. The molecule has 0 amide bonds. The first kappa shape index (κ1) is 13.0. The SMILES string of the molecule is CCC1[C@@H]2C[C@H]3c4[nH]c5ccc(OC)cc5c4CCN(C2)[C@@H]13. The molecule has 1 N–H and O–H groups in total. The Morgan fingerprint density at radius 2 is 2.27 bits per heavy atom. The van der Waals surface area contributed by atoms with Gasteiger partial charge < -0.3 is 9.72 Å². The maximum absolute atomic E-state index is 5.44. The molecule has 3 nitrogen and oxygen atoms in total. The van der Waals surface area contributed by atoms with Crippen LogP contribution < -0.4 is 4.74 Å². The number of hydrogen-bond acceptors (Lipinski definition) is 2. The molecule has 1 saturated carbocycles. The van der Waals surface area contributed by atoms with Crippen molar-refractivity contribution >= 4 is 10.9 Å². The van der Waals surface area contributed by atoms with E-state index in [4.69, 9.17) is 4.74 Å². The lowest BCUT2D eigenvalue weighted by molar-refractivity contribution is 0.193. The molecule has 2 aromatic rings. The number of rotatable bonds is 2. The van der Waals surface area contributed by atoms with Crippen LogP contribution in [0.4, 0.5) is 0 Å². The fourth-order valence-corrected chi connectivity index (χ4v) is 5.70. The summed E-state index contributed by atoms with van der Waals surface area (Å²) in [4.78, 5) is 6.57. The average Bonchev–Trinajstić information content (AvgIpc) is 3.18. The molecular weight excluding hydrogens is 272 g/mol. The van der Waals surface area contributed by atoms with Crippen LogP contribution in [-0.4, -0.2) is 36.1 Å². The van der Waals surface area contributed by atoms with E-state index in [9.17, 15) is 0 Å². The van der Waals surface area contributed by atoms with Crippen molar-refractivity contribution in [1.29, 1.82) is 0 Å². The molecule has 1 saturated heterocycles. The molecule has 22 heavy (non-hydrogen) atoms. The number of hydrogen-bond donors (Lipinski definition) is 1. The van der Waals surface area contributed by atoms with Gasteiger partial charge in [0.15, 0.2) is 0 Å². The summed E-state index contributed by atoms with van der Waals surface area (Å²) in [5, 5.41) is 1.38. The predicted molar refractivity (Wildman–Crippen MR) is 88.5 cm³/mol. The van der Waals surface area contributed by atoms with Crippen LogP contribution in [0, 0.1) is 11.8 Å². The monoisotopic (exact) mass is 296 g/mol. The Morgan fingerprint density at radius 3 is 3.05 bits per heavy atom. The number of benzene rings is 1. The van der Waals surface area contributed by atoms with Gasteiger partial charge in [0.05, 0.1) is 7.11 Å². The molecule has 5 rings (SSSR count). The second-order valence-corrected chi connectivity index (χ2v) is 7.34. The highest BCUT2D eigenvalue weighted by Gasteiger charge is 2.53. The minimum atomic E-state index is 0.722. The van der Waals surface area contributed by atoms with E-state index in [1.807, 2.05) is 0 Å². The molecule has 2 aliphatic heterocycles. The van der Waals surface area contributed by atoms with Gasteiger partial charge in [-0.15, -0.1) is 0 Å². The Balaban J connectivity index is 1.67. The summed E-state index contributed by atoms with van der Waals surface area (Å²) >= 11 is 0. The molecule has 1 aromatic carbocycles. The Kier molecular flexibility index (Phi) is 2.67. The van der Waals surface area contributed by atoms with Crippen LogP contribution in [0.15, 0.2) is 18.2 Å². The zero-order chi connectivity index (χ0) is 14.8. The van der Waals surface area contributed by atoms with Crippen molar-refractivity contribution in [3.63, 3.8) is 0 Å². The van der Waals surface area contributed by atoms with Crippen molar-refractivity contribution < 1.29 is 4.74 Å². The number of methoxy groups -OCH3 is 1. The quantitative estimate of drug-likeness (QED) is 0.918. The lowest BCUT2D eigenvalue weighted by Gasteiger charge is -2.31. The van der Waals surface area contributed by atoms with Crippen molar-refractivity contribution in [2.75, 3.05) is 20.2 Å². The van der Waals surface area contributed by atoms with Crippen LogP contribution in [0.25, 0.3) is 10.9 Å². The van der Waals surface area contributed by atoms with E-state index in [0.717, 1.165) is 29.5 Å². The first-order valence-electron chi connectivity index (χ1n) is 8.72. The van der Waals surface area contributed by atoms with Crippen LogP contribution in [0.3, 0.4) is 0 Å². The van der Waals surface area contributed by atoms with Gasteiger partial charge in [-0.05, 0) is 48.4 Å². The van der Waals surface area contributed by atoms with E-state index in [0.29, 0.717) is 0 Å². The normalized spacial score (nSPS) is 33.2. The Labute approximate surface area is 131 Å². The lowest BCUT2D eigenvalue weighted by Crippen LogP contribution is -2.37. The summed E-state index contributed by atoms with van der Waals surface area (Å²) < 4.78 is 5.44. The standard InChI is InChI=1S/C19H24N2O/c1-3-13-11-8-16-18-14(6-7-21(10-11)19(13)16)15-9-12(22-2)4-5-17(15)20-18/h4-5,9,11,13,16,19-20H,3,6-8,10H2,1-2H3/t11-,13?,16+,19+/m1/s1. The topological polar surface area (TPSA) is 28.3 Å². The zero-order valence-corrected chi connectivity index (χ0v) is 13.4. The lowest BCUT2D eigenvalue weighted by atomic mass is 9.92. The van der Waals surface area contributed by atoms with Crippen molar-refractivity contribution in [1.82, 2.24) is 9.88 Å². The van der Waals surface area contributed by atoms with Crippen molar-refractivity contribution in [3.8, 4) is 5.75 Å².